The molecule has 1 amide bonds. The van der Waals surface area contributed by atoms with E-state index in [0.717, 1.165) is 16.5 Å². The summed E-state index contributed by atoms with van der Waals surface area (Å²) in [5.74, 6) is 1.21. The Kier molecular flexibility index (Phi) is 5.68. The van der Waals surface area contributed by atoms with E-state index in [4.69, 9.17) is 13.9 Å². The van der Waals surface area contributed by atoms with Crippen LogP contribution in [0.25, 0.3) is 11.0 Å². The van der Waals surface area contributed by atoms with Crippen molar-refractivity contribution in [1.29, 1.82) is 0 Å². The molecule has 1 aromatic heterocycles. The van der Waals surface area contributed by atoms with E-state index in [-0.39, 0.29) is 12.3 Å². The molecule has 0 aliphatic rings. The first-order valence-electron chi connectivity index (χ1n) is 8.98. The third-order valence-corrected chi connectivity index (χ3v) is 4.85. The summed E-state index contributed by atoms with van der Waals surface area (Å²) in [6, 6.07) is 10.8. The minimum absolute atomic E-state index is 0.171. The normalized spacial score (nSPS) is 10.7. The fraction of sp³-hybridized carbons (Fsp3) is 0.273. The first-order chi connectivity index (χ1) is 13.4. The van der Waals surface area contributed by atoms with Gasteiger partial charge in [0.2, 0.25) is 5.91 Å². The lowest BCUT2D eigenvalue weighted by atomic mass is 10.00. The second-order valence-corrected chi connectivity index (χ2v) is 6.54. The van der Waals surface area contributed by atoms with E-state index >= 15 is 0 Å². The summed E-state index contributed by atoms with van der Waals surface area (Å²) in [5, 5.41) is 3.67. The summed E-state index contributed by atoms with van der Waals surface area (Å²) in [6.45, 7) is 3.73. The highest BCUT2D eigenvalue weighted by Gasteiger charge is 2.16. The molecule has 3 rings (SSSR count). The van der Waals surface area contributed by atoms with Gasteiger partial charge in [-0.25, -0.2) is 4.79 Å². The number of hydrogen-bond acceptors (Lipinski definition) is 5. The Morgan fingerprint density at radius 1 is 1.00 bits per heavy atom. The molecule has 2 aromatic carbocycles. The Bertz CT molecular complexity index is 1070. The van der Waals surface area contributed by atoms with Crippen LogP contribution in [0.5, 0.6) is 11.5 Å². The Labute approximate surface area is 163 Å². The van der Waals surface area contributed by atoms with Crippen LogP contribution in [0.1, 0.15) is 23.1 Å². The van der Waals surface area contributed by atoms with Crippen LogP contribution in [0.2, 0.25) is 0 Å². The zero-order valence-corrected chi connectivity index (χ0v) is 16.4. The molecule has 0 saturated heterocycles. The first-order valence-corrected chi connectivity index (χ1v) is 8.98. The van der Waals surface area contributed by atoms with Gasteiger partial charge in [-0.3, -0.25) is 4.79 Å². The highest BCUT2D eigenvalue weighted by atomic mass is 16.5. The monoisotopic (exact) mass is 381 g/mol. The fourth-order valence-electron chi connectivity index (χ4n) is 3.22. The van der Waals surface area contributed by atoms with Gasteiger partial charge in [0.05, 0.1) is 14.2 Å². The maximum Gasteiger partial charge on any atom is 0.339 e. The van der Waals surface area contributed by atoms with E-state index in [9.17, 15) is 9.59 Å². The lowest BCUT2D eigenvalue weighted by Crippen LogP contribution is -2.16. The molecular formula is C22H23NO5. The van der Waals surface area contributed by atoms with E-state index in [1.165, 1.54) is 0 Å². The van der Waals surface area contributed by atoms with Crippen LogP contribution in [0.4, 0.5) is 5.69 Å². The summed E-state index contributed by atoms with van der Waals surface area (Å²) >= 11 is 0. The van der Waals surface area contributed by atoms with Crippen molar-refractivity contribution in [2.24, 2.45) is 0 Å². The van der Waals surface area contributed by atoms with Crippen molar-refractivity contribution in [2.75, 3.05) is 19.5 Å². The van der Waals surface area contributed by atoms with Crippen molar-refractivity contribution in [3.05, 3.63) is 63.5 Å². The van der Waals surface area contributed by atoms with E-state index in [1.807, 2.05) is 26.0 Å². The van der Waals surface area contributed by atoms with E-state index < -0.39 is 5.63 Å². The highest BCUT2D eigenvalue weighted by molar-refractivity contribution is 5.91. The molecule has 3 aromatic rings. The fourth-order valence-corrected chi connectivity index (χ4v) is 3.22. The Balaban J connectivity index is 1.78. The first kappa shape index (κ1) is 19.5. The topological polar surface area (TPSA) is 77.8 Å². The molecule has 146 valence electrons. The molecule has 0 atom stereocenters. The van der Waals surface area contributed by atoms with E-state index in [0.29, 0.717) is 34.8 Å². The van der Waals surface area contributed by atoms with Crippen LogP contribution in [-0.4, -0.2) is 20.1 Å². The molecule has 1 heterocycles. The van der Waals surface area contributed by atoms with Crippen molar-refractivity contribution in [3.63, 3.8) is 0 Å². The highest BCUT2D eigenvalue weighted by Crippen LogP contribution is 2.29. The lowest BCUT2D eigenvalue weighted by molar-refractivity contribution is -0.116. The molecule has 0 saturated carbocycles. The quantitative estimate of drug-likeness (QED) is 0.653. The van der Waals surface area contributed by atoms with Gasteiger partial charge >= 0.3 is 5.63 Å². The van der Waals surface area contributed by atoms with Crippen LogP contribution < -0.4 is 20.4 Å². The van der Waals surface area contributed by atoms with Crippen LogP contribution in [0.15, 0.2) is 45.6 Å². The molecule has 1 N–H and O–H groups in total. The summed E-state index contributed by atoms with van der Waals surface area (Å²) in [4.78, 5) is 24.8. The number of anilines is 1. The maximum atomic E-state index is 12.5. The second kappa shape index (κ2) is 8.17. The number of hydrogen-bond donors (Lipinski definition) is 1. The smallest absolute Gasteiger partial charge is 0.339 e. The second-order valence-electron chi connectivity index (χ2n) is 6.54. The van der Waals surface area contributed by atoms with Crippen molar-refractivity contribution in [2.45, 2.75) is 26.7 Å². The number of methoxy groups -OCH3 is 2. The summed E-state index contributed by atoms with van der Waals surface area (Å²) in [7, 11) is 3.16. The Morgan fingerprint density at radius 3 is 2.36 bits per heavy atom. The number of nitrogens with one attached hydrogen (secondary N) is 1. The number of benzene rings is 2. The molecule has 0 bridgehead atoms. The van der Waals surface area contributed by atoms with Gasteiger partial charge in [0.1, 0.15) is 17.1 Å². The van der Waals surface area contributed by atoms with Gasteiger partial charge in [0, 0.05) is 28.6 Å². The molecule has 0 fully saturated rings. The lowest BCUT2D eigenvalue weighted by Gasteiger charge is -2.11. The number of rotatable bonds is 6. The zero-order valence-electron chi connectivity index (χ0n) is 16.4. The number of aryl methyl sites for hydroxylation is 2. The van der Waals surface area contributed by atoms with Gasteiger partial charge in [-0.05, 0) is 62.2 Å². The molecule has 6 heteroatoms. The van der Waals surface area contributed by atoms with Crippen molar-refractivity contribution in [1.82, 2.24) is 0 Å². The number of ether oxygens (including phenoxy) is 2. The number of fused-ring (bicyclic) bond motifs is 1. The van der Waals surface area contributed by atoms with Crippen molar-refractivity contribution in [3.8, 4) is 11.5 Å². The predicted octanol–water partition coefficient (Wildman–Crippen LogP) is 4.00. The van der Waals surface area contributed by atoms with Crippen LogP contribution in [-0.2, 0) is 11.2 Å². The van der Waals surface area contributed by atoms with Gasteiger partial charge in [-0.2, -0.15) is 0 Å². The van der Waals surface area contributed by atoms with Gasteiger partial charge in [-0.1, -0.05) is 0 Å². The van der Waals surface area contributed by atoms with Gasteiger partial charge in [0.25, 0.3) is 0 Å². The van der Waals surface area contributed by atoms with Crippen LogP contribution in [0, 0.1) is 13.8 Å². The average Bonchev–Trinajstić information content (AvgIpc) is 2.69. The third kappa shape index (κ3) is 3.86. The van der Waals surface area contributed by atoms with Gasteiger partial charge in [0.15, 0.2) is 0 Å². The molecule has 28 heavy (non-hydrogen) atoms. The third-order valence-electron chi connectivity index (χ3n) is 4.85. The summed E-state index contributed by atoms with van der Waals surface area (Å²) < 4.78 is 15.9. The molecular weight excluding hydrogens is 358 g/mol. The van der Waals surface area contributed by atoms with E-state index in [2.05, 4.69) is 5.32 Å². The molecule has 0 aliphatic heterocycles. The average molecular weight is 381 g/mol. The number of carbonyl (C=O) groups excluding carboxylic acids is 1. The summed E-state index contributed by atoms with van der Waals surface area (Å²) in [6.07, 6.45) is 0.482. The molecule has 6 nitrogen and oxygen atoms in total. The zero-order chi connectivity index (χ0) is 20.3. The van der Waals surface area contributed by atoms with Crippen molar-refractivity contribution < 1.29 is 18.7 Å². The number of amides is 1. The Morgan fingerprint density at radius 2 is 1.71 bits per heavy atom. The van der Waals surface area contributed by atoms with Crippen molar-refractivity contribution >= 4 is 22.6 Å². The van der Waals surface area contributed by atoms with Gasteiger partial charge in [-0.15, -0.1) is 0 Å². The molecule has 0 unspecified atom stereocenters. The van der Waals surface area contributed by atoms with Gasteiger partial charge < -0.3 is 19.2 Å². The minimum atomic E-state index is -0.418. The standard InChI is InChI=1S/C22H23NO5/c1-13-17-9-11-19(27-4)14(2)21(17)28-22(25)18(13)10-12-20(24)23-15-5-7-16(26-3)8-6-15/h5-9,11H,10,12H2,1-4H3,(H,23,24). The van der Waals surface area contributed by atoms with E-state index in [1.54, 1.807) is 38.5 Å². The molecule has 0 aliphatic carbocycles. The maximum absolute atomic E-state index is 12.5. The molecule has 0 spiro atoms. The number of carbonyl (C=O) groups is 1. The predicted molar refractivity (Wildman–Crippen MR) is 108 cm³/mol. The largest absolute Gasteiger partial charge is 0.497 e. The SMILES string of the molecule is COc1ccc(NC(=O)CCc2c(C)c3ccc(OC)c(C)c3oc2=O)cc1. The summed E-state index contributed by atoms with van der Waals surface area (Å²) in [5.41, 5.74) is 2.91. The van der Waals surface area contributed by atoms with Crippen LogP contribution in [0.3, 0.4) is 0 Å². The Hall–Kier alpha value is -3.28. The van der Waals surface area contributed by atoms with Crippen LogP contribution >= 0.6 is 0 Å². The molecule has 0 radical (unpaired) electrons. The minimum Gasteiger partial charge on any atom is -0.497 e.